The summed E-state index contributed by atoms with van der Waals surface area (Å²) in [6.07, 6.45) is 1.29. The average molecular weight is 327 g/mol. The number of thioether (sulfide) groups is 2. The van der Waals surface area contributed by atoms with E-state index in [0.717, 1.165) is 12.8 Å². The van der Waals surface area contributed by atoms with Crippen LogP contribution < -0.4 is 0 Å². The molecule has 0 spiro atoms. The first kappa shape index (κ1) is 20.0. The first-order chi connectivity index (χ1) is 8.49. The first-order valence-electron chi connectivity index (χ1n) is 6.80. The molecule has 0 saturated heterocycles. The standard InChI is InChI=1S/C14H30O2S3/c1-13(2,3)7-6-11(15)8-18-9-12(16)10-19-14(4,5)17/h11-12,15-17H,6-10H2,1-5H3. The first-order valence-corrected chi connectivity index (χ1v) is 9.38. The van der Waals surface area contributed by atoms with Crippen molar-refractivity contribution in [1.82, 2.24) is 0 Å². The molecule has 2 nitrogen and oxygen atoms in total. The Morgan fingerprint density at radius 3 is 1.95 bits per heavy atom. The molecular formula is C14H30O2S3. The van der Waals surface area contributed by atoms with Gasteiger partial charge in [0.1, 0.15) is 0 Å². The van der Waals surface area contributed by atoms with E-state index in [1.54, 1.807) is 23.5 Å². The van der Waals surface area contributed by atoms with Crippen molar-refractivity contribution in [2.45, 2.75) is 63.7 Å². The van der Waals surface area contributed by atoms with E-state index in [4.69, 9.17) is 0 Å². The van der Waals surface area contributed by atoms with E-state index < -0.39 is 0 Å². The predicted octanol–water partition coefficient (Wildman–Crippen LogP) is 3.67. The van der Waals surface area contributed by atoms with Crippen LogP contribution in [-0.2, 0) is 0 Å². The molecule has 0 aromatic carbocycles. The van der Waals surface area contributed by atoms with Crippen LogP contribution in [0.15, 0.2) is 0 Å². The minimum absolute atomic E-state index is 0.0993. The third-order valence-electron chi connectivity index (χ3n) is 2.48. The maximum atomic E-state index is 9.86. The molecule has 0 aliphatic heterocycles. The molecule has 0 rings (SSSR count). The Kier molecular flexibility index (Phi) is 9.55. The van der Waals surface area contributed by atoms with Crippen molar-refractivity contribution in [3.63, 3.8) is 0 Å². The SMILES string of the molecule is CC(C)(C)CCC(O)CSCC(O)CSC(C)(C)S. The largest absolute Gasteiger partial charge is 0.392 e. The highest BCUT2D eigenvalue weighted by Crippen LogP contribution is 2.29. The molecule has 0 aromatic heterocycles. The van der Waals surface area contributed by atoms with Crippen molar-refractivity contribution in [2.24, 2.45) is 5.41 Å². The molecule has 0 radical (unpaired) electrons. The van der Waals surface area contributed by atoms with Crippen LogP contribution in [0.5, 0.6) is 0 Å². The third kappa shape index (κ3) is 15.2. The number of aliphatic hydroxyl groups is 2. The molecule has 5 heteroatoms. The molecule has 0 aromatic rings. The molecule has 0 fully saturated rings. The van der Waals surface area contributed by atoms with Gasteiger partial charge in [0.05, 0.1) is 16.3 Å². The lowest BCUT2D eigenvalue weighted by atomic mass is 9.89. The summed E-state index contributed by atoms with van der Waals surface area (Å²) in [4.78, 5) is 0. The zero-order valence-corrected chi connectivity index (χ0v) is 15.4. The lowest BCUT2D eigenvalue weighted by Gasteiger charge is -2.21. The van der Waals surface area contributed by atoms with Gasteiger partial charge in [-0.1, -0.05) is 20.8 Å². The molecule has 19 heavy (non-hydrogen) atoms. The molecular weight excluding hydrogens is 296 g/mol. The summed E-state index contributed by atoms with van der Waals surface area (Å²) in [7, 11) is 0. The molecule has 2 N–H and O–H groups in total. The van der Waals surface area contributed by atoms with E-state index in [1.807, 2.05) is 13.8 Å². The van der Waals surface area contributed by atoms with Crippen LogP contribution >= 0.6 is 36.2 Å². The summed E-state index contributed by atoms with van der Waals surface area (Å²) in [5.74, 6) is 2.09. The fraction of sp³-hybridized carbons (Fsp3) is 1.00. The van der Waals surface area contributed by atoms with Gasteiger partial charge in [0, 0.05) is 17.3 Å². The van der Waals surface area contributed by atoms with Crippen LogP contribution in [0, 0.1) is 5.41 Å². The van der Waals surface area contributed by atoms with Gasteiger partial charge in [0.15, 0.2) is 0 Å². The molecule has 0 aliphatic rings. The quantitative estimate of drug-likeness (QED) is 0.447. The lowest BCUT2D eigenvalue weighted by molar-refractivity contribution is 0.167. The van der Waals surface area contributed by atoms with E-state index in [9.17, 15) is 10.2 Å². The van der Waals surface area contributed by atoms with Crippen LogP contribution in [0.4, 0.5) is 0 Å². The Morgan fingerprint density at radius 1 is 0.947 bits per heavy atom. The zero-order chi connectivity index (χ0) is 15.1. The van der Waals surface area contributed by atoms with E-state index in [1.165, 1.54) is 0 Å². The second kappa shape index (κ2) is 9.08. The van der Waals surface area contributed by atoms with E-state index in [0.29, 0.717) is 17.3 Å². The van der Waals surface area contributed by atoms with Gasteiger partial charge >= 0.3 is 0 Å². The zero-order valence-electron chi connectivity index (χ0n) is 12.8. The molecule has 0 saturated carbocycles. The molecule has 0 aliphatic carbocycles. The van der Waals surface area contributed by atoms with Crippen molar-refractivity contribution in [1.29, 1.82) is 0 Å². The Labute approximate surface area is 132 Å². The fourth-order valence-electron chi connectivity index (χ4n) is 1.37. The summed E-state index contributed by atoms with van der Waals surface area (Å²) in [5, 5.41) is 19.7. The number of hydrogen-bond acceptors (Lipinski definition) is 5. The normalized spacial score (nSPS) is 16.4. The number of rotatable bonds is 9. The van der Waals surface area contributed by atoms with Gasteiger partial charge in [0.2, 0.25) is 0 Å². The maximum absolute atomic E-state index is 9.86. The summed E-state index contributed by atoms with van der Waals surface area (Å²) in [6, 6.07) is 0. The van der Waals surface area contributed by atoms with Crippen molar-refractivity contribution < 1.29 is 10.2 Å². The van der Waals surface area contributed by atoms with Crippen LogP contribution in [0.1, 0.15) is 47.5 Å². The molecule has 116 valence electrons. The van der Waals surface area contributed by atoms with Gasteiger partial charge in [-0.05, 0) is 32.1 Å². The Hall–Kier alpha value is 0.970. The van der Waals surface area contributed by atoms with Crippen molar-refractivity contribution >= 4 is 36.2 Å². The van der Waals surface area contributed by atoms with Crippen molar-refractivity contribution in [3.8, 4) is 0 Å². The van der Waals surface area contributed by atoms with Crippen LogP contribution in [0.25, 0.3) is 0 Å². The minimum atomic E-state index is -0.323. The smallest absolute Gasteiger partial charge is 0.0721 e. The van der Waals surface area contributed by atoms with Crippen molar-refractivity contribution in [2.75, 3.05) is 17.3 Å². The van der Waals surface area contributed by atoms with Gasteiger partial charge < -0.3 is 10.2 Å². The summed E-state index contributed by atoms with van der Waals surface area (Å²) >= 11 is 7.70. The van der Waals surface area contributed by atoms with Crippen LogP contribution in [0.3, 0.4) is 0 Å². The van der Waals surface area contributed by atoms with Gasteiger partial charge in [0.25, 0.3) is 0 Å². The monoisotopic (exact) mass is 326 g/mol. The van der Waals surface area contributed by atoms with E-state index in [2.05, 4.69) is 33.4 Å². The highest BCUT2D eigenvalue weighted by molar-refractivity contribution is 8.11. The molecule has 2 atom stereocenters. The molecule has 0 amide bonds. The predicted molar refractivity (Wildman–Crippen MR) is 93.6 cm³/mol. The molecule has 0 heterocycles. The van der Waals surface area contributed by atoms with Crippen LogP contribution in [0.2, 0.25) is 0 Å². The minimum Gasteiger partial charge on any atom is -0.392 e. The van der Waals surface area contributed by atoms with Gasteiger partial charge in [-0.15, -0.1) is 11.8 Å². The van der Waals surface area contributed by atoms with Gasteiger partial charge in [-0.25, -0.2) is 0 Å². The lowest BCUT2D eigenvalue weighted by Crippen LogP contribution is -2.20. The topological polar surface area (TPSA) is 40.5 Å². The second-order valence-electron chi connectivity index (χ2n) is 6.70. The molecule has 0 bridgehead atoms. The second-order valence-corrected chi connectivity index (χ2v) is 10.8. The summed E-state index contributed by atoms with van der Waals surface area (Å²) < 4.78 is -0.0993. The van der Waals surface area contributed by atoms with E-state index in [-0.39, 0.29) is 21.7 Å². The molecule has 2 unspecified atom stereocenters. The van der Waals surface area contributed by atoms with Crippen LogP contribution in [-0.4, -0.2) is 43.8 Å². The van der Waals surface area contributed by atoms with Gasteiger partial charge in [-0.3, -0.25) is 0 Å². The highest BCUT2D eigenvalue weighted by atomic mass is 32.2. The number of aliphatic hydroxyl groups excluding tert-OH is 2. The highest BCUT2D eigenvalue weighted by Gasteiger charge is 2.16. The Bertz CT molecular complexity index is 210. The third-order valence-corrected chi connectivity index (χ3v) is 5.36. The van der Waals surface area contributed by atoms with Gasteiger partial charge in [-0.2, -0.15) is 24.4 Å². The van der Waals surface area contributed by atoms with Crippen molar-refractivity contribution in [3.05, 3.63) is 0 Å². The summed E-state index contributed by atoms with van der Waals surface area (Å²) in [6.45, 7) is 10.6. The fourth-order valence-corrected chi connectivity index (χ4v) is 3.43. The summed E-state index contributed by atoms with van der Waals surface area (Å²) in [5.41, 5.74) is 0.278. The maximum Gasteiger partial charge on any atom is 0.0721 e. The average Bonchev–Trinajstić information content (AvgIpc) is 2.22. The Balaban J connectivity index is 3.61. The van der Waals surface area contributed by atoms with E-state index >= 15 is 0 Å². The number of thiol groups is 1. The number of hydrogen-bond donors (Lipinski definition) is 3. The Morgan fingerprint density at radius 2 is 1.47 bits per heavy atom.